The molecule has 0 aliphatic heterocycles. The highest BCUT2D eigenvalue weighted by Crippen LogP contribution is 2.34. The van der Waals surface area contributed by atoms with Gasteiger partial charge in [0.25, 0.3) is 10.0 Å². The van der Waals surface area contributed by atoms with Crippen LogP contribution in [0.25, 0.3) is 0 Å². The standard InChI is InChI=1S/C10H10N4O4S2/c11-10-8(14(15)16)5-9(19-10)20(17,18)13-6-7-1-3-12-4-2-7/h1-5,13H,6,11H2. The number of nitrogens with two attached hydrogens (primary N) is 1. The number of nitrogens with zero attached hydrogens (tertiary/aromatic N) is 2. The number of nitrogen functional groups attached to an aromatic ring is 1. The maximum atomic E-state index is 12.0. The normalized spacial score (nSPS) is 11.4. The van der Waals surface area contributed by atoms with Crippen LogP contribution >= 0.6 is 11.3 Å². The van der Waals surface area contributed by atoms with Crippen molar-refractivity contribution in [2.75, 3.05) is 5.73 Å². The van der Waals surface area contributed by atoms with Crippen molar-refractivity contribution in [3.05, 3.63) is 46.3 Å². The third kappa shape index (κ3) is 3.10. The number of rotatable bonds is 5. The van der Waals surface area contributed by atoms with E-state index in [2.05, 4.69) is 9.71 Å². The zero-order valence-corrected chi connectivity index (χ0v) is 11.6. The lowest BCUT2D eigenvalue weighted by Gasteiger charge is -2.03. The maximum absolute atomic E-state index is 12.0. The molecule has 0 bridgehead atoms. The average Bonchev–Trinajstić information content (AvgIpc) is 2.81. The molecule has 0 amide bonds. The van der Waals surface area contributed by atoms with E-state index in [0.29, 0.717) is 11.3 Å². The van der Waals surface area contributed by atoms with Crippen LogP contribution in [0.1, 0.15) is 5.56 Å². The van der Waals surface area contributed by atoms with E-state index in [1.807, 2.05) is 0 Å². The van der Waals surface area contributed by atoms with Crippen molar-refractivity contribution in [3.63, 3.8) is 0 Å². The van der Waals surface area contributed by atoms with Crippen molar-refractivity contribution in [3.8, 4) is 0 Å². The molecule has 0 aliphatic carbocycles. The molecule has 0 spiro atoms. The number of aromatic nitrogens is 1. The predicted octanol–water partition coefficient (Wildman–Crippen LogP) is 1.11. The van der Waals surface area contributed by atoms with Crippen LogP contribution in [0.5, 0.6) is 0 Å². The molecule has 0 saturated carbocycles. The van der Waals surface area contributed by atoms with E-state index in [1.165, 1.54) is 12.4 Å². The van der Waals surface area contributed by atoms with E-state index in [0.717, 1.165) is 11.6 Å². The molecule has 8 nitrogen and oxygen atoms in total. The van der Waals surface area contributed by atoms with Gasteiger partial charge in [0.2, 0.25) is 0 Å². The fourth-order valence-corrected chi connectivity index (χ4v) is 3.67. The Morgan fingerprint density at radius 1 is 1.40 bits per heavy atom. The Balaban J connectivity index is 2.18. The fraction of sp³-hybridized carbons (Fsp3) is 0.100. The zero-order chi connectivity index (χ0) is 14.8. The second-order valence-electron chi connectivity index (χ2n) is 3.75. The minimum atomic E-state index is -3.83. The minimum absolute atomic E-state index is 0.0659. The summed E-state index contributed by atoms with van der Waals surface area (Å²) < 4.78 is 26.2. The molecule has 10 heteroatoms. The molecule has 106 valence electrons. The highest BCUT2D eigenvalue weighted by molar-refractivity contribution is 7.91. The summed E-state index contributed by atoms with van der Waals surface area (Å²) in [6.45, 7) is 0.0659. The van der Waals surface area contributed by atoms with Gasteiger partial charge in [0, 0.05) is 25.0 Å². The van der Waals surface area contributed by atoms with Gasteiger partial charge in [-0.2, -0.15) is 0 Å². The van der Waals surface area contributed by atoms with Gasteiger partial charge in [-0.1, -0.05) is 11.3 Å². The molecular formula is C10H10N4O4S2. The largest absolute Gasteiger partial charge is 0.385 e. The van der Waals surface area contributed by atoms with Crippen molar-refractivity contribution >= 4 is 32.0 Å². The molecule has 0 aliphatic rings. The summed E-state index contributed by atoms with van der Waals surface area (Å²) in [5.41, 5.74) is 5.74. The van der Waals surface area contributed by atoms with Gasteiger partial charge in [0.1, 0.15) is 4.21 Å². The Bertz CT molecular complexity index is 727. The van der Waals surface area contributed by atoms with E-state index in [9.17, 15) is 18.5 Å². The van der Waals surface area contributed by atoms with Crippen LogP contribution in [0.4, 0.5) is 10.7 Å². The first-order valence-electron chi connectivity index (χ1n) is 5.32. The molecule has 2 aromatic rings. The number of anilines is 1. The van der Waals surface area contributed by atoms with Crippen molar-refractivity contribution in [1.82, 2.24) is 9.71 Å². The Kier molecular flexibility index (Phi) is 3.97. The molecule has 0 radical (unpaired) electrons. The average molecular weight is 314 g/mol. The topological polar surface area (TPSA) is 128 Å². The Hall–Kier alpha value is -2.04. The molecule has 20 heavy (non-hydrogen) atoms. The third-order valence-corrected chi connectivity index (χ3v) is 5.22. The highest BCUT2D eigenvalue weighted by Gasteiger charge is 2.24. The number of sulfonamides is 1. The molecular weight excluding hydrogens is 304 g/mol. The minimum Gasteiger partial charge on any atom is -0.385 e. The van der Waals surface area contributed by atoms with Crippen LogP contribution in [0, 0.1) is 10.1 Å². The predicted molar refractivity (Wildman–Crippen MR) is 73.6 cm³/mol. The smallest absolute Gasteiger partial charge is 0.304 e. The van der Waals surface area contributed by atoms with E-state index in [-0.39, 0.29) is 15.8 Å². The molecule has 2 heterocycles. The van der Waals surface area contributed by atoms with Gasteiger partial charge in [-0.15, -0.1) is 0 Å². The van der Waals surface area contributed by atoms with Gasteiger partial charge in [0.05, 0.1) is 4.92 Å². The number of pyridine rings is 1. The first-order valence-corrected chi connectivity index (χ1v) is 7.62. The Morgan fingerprint density at radius 2 is 2.05 bits per heavy atom. The van der Waals surface area contributed by atoms with Gasteiger partial charge in [-0.05, 0) is 17.7 Å². The third-order valence-electron chi connectivity index (χ3n) is 2.39. The second-order valence-corrected chi connectivity index (χ2v) is 6.83. The summed E-state index contributed by atoms with van der Waals surface area (Å²) in [7, 11) is -3.83. The molecule has 0 atom stereocenters. The molecule has 0 aromatic carbocycles. The number of nitro groups is 1. The monoisotopic (exact) mass is 314 g/mol. The van der Waals surface area contributed by atoms with E-state index >= 15 is 0 Å². The second kappa shape index (κ2) is 5.53. The van der Waals surface area contributed by atoms with Crippen molar-refractivity contribution in [1.29, 1.82) is 0 Å². The lowest BCUT2D eigenvalue weighted by Crippen LogP contribution is -2.22. The van der Waals surface area contributed by atoms with Crippen molar-refractivity contribution in [2.45, 2.75) is 10.8 Å². The summed E-state index contributed by atoms with van der Waals surface area (Å²) in [6.07, 6.45) is 3.08. The van der Waals surface area contributed by atoms with Crippen LogP contribution in [0.15, 0.2) is 34.8 Å². The van der Waals surface area contributed by atoms with E-state index < -0.39 is 20.6 Å². The van der Waals surface area contributed by atoms with Gasteiger partial charge in [-0.3, -0.25) is 15.1 Å². The molecule has 2 rings (SSSR count). The summed E-state index contributed by atoms with van der Waals surface area (Å²) >= 11 is 0.658. The Labute approximate surface area is 118 Å². The van der Waals surface area contributed by atoms with Gasteiger partial charge in [-0.25, -0.2) is 13.1 Å². The quantitative estimate of drug-likeness (QED) is 0.628. The van der Waals surface area contributed by atoms with Crippen LogP contribution in [0.2, 0.25) is 0 Å². The number of hydrogen-bond acceptors (Lipinski definition) is 7. The van der Waals surface area contributed by atoms with Crippen LogP contribution < -0.4 is 10.5 Å². The van der Waals surface area contributed by atoms with Crippen molar-refractivity contribution < 1.29 is 13.3 Å². The number of hydrogen-bond donors (Lipinski definition) is 2. The molecule has 0 unspecified atom stereocenters. The molecule has 0 fully saturated rings. The summed E-state index contributed by atoms with van der Waals surface area (Å²) in [5.74, 6) is 0. The lowest BCUT2D eigenvalue weighted by atomic mass is 10.3. The lowest BCUT2D eigenvalue weighted by molar-refractivity contribution is -0.383. The molecule has 2 aromatic heterocycles. The first-order chi connectivity index (χ1) is 9.40. The first kappa shape index (κ1) is 14.4. The van der Waals surface area contributed by atoms with Crippen LogP contribution in [0.3, 0.4) is 0 Å². The summed E-state index contributed by atoms with van der Waals surface area (Å²) in [5, 5.41) is 10.5. The van der Waals surface area contributed by atoms with Crippen LogP contribution in [-0.4, -0.2) is 18.3 Å². The summed E-state index contributed by atoms with van der Waals surface area (Å²) in [4.78, 5) is 13.8. The van der Waals surface area contributed by atoms with Crippen LogP contribution in [-0.2, 0) is 16.6 Å². The van der Waals surface area contributed by atoms with Gasteiger partial charge in [0.15, 0.2) is 5.00 Å². The van der Waals surface area contributed by atoms with E-state index in [4.69, 9.17) is 5.73 Å². The number of thiophene rings is 1. The SMILES string of the molecule is Nc1sc(S(=O)(=O)NCc2ccncc2)cc1[N+](=O)[O-]. The molecule has 3 N–H and O–H groups in total. The number of nitrogens with one attached hydrogen (secondary N) is 1. The maximum Gasteiger partial charge on any atom is 0.304 e. The van der Waals surface area contributed by atoms with Gasteiger partial charge >= 0.3 is 5.69 Å². The zero-order valence-electron chi connectivity index (χ0n) is 10.0. The van der Waals surface area contributed by atoms with E-state index in [1.54, 1.807) is 12.1 Å². The van der Waals surface area contributed by atoms with Crippen molar-refractivity contribution in [2.24, 2.45) is 0 Å². The van der Waals surface area contributed by atoms with Gasteiger partial charge < -0.3 is 5.73 Å². The molecule has 0 saturated heterocycles. The summed E-state index contributed by atoms with van der Waals surface area (Å²) in [6, 6.07) is 4.27. The fourth-order valence-electron chi connectivity index (χ4n) is 1.40. The highest BCUT2D eigenvalue weighted by atomic mass is 32.2. The Morgan fingerprint density at radius 3 is 2.60 bits per heavy atom.